The number of hydrogen-bond donors (Lipinski definition) is 2. The van der Waals surface area contributed by atoms with Crippen LogP contribution in [-0.2, 0) is 11.2 Å². The van der Waals surface area contributed by atoms with Crippen molar-refractivity contribution < 1.29 is 4.79 Å². The summed E-state index contributed by atoms with van der Waals surface area (Å²) in [6.07, 6.45) is 1.29. The molecule has 0 aliphatic carbocycles. The van der Waals surface area contributed by atoms with Crippen LogP contribution in [0.1, 0.15) is 11.3 Å². The van der Waals surface area contributed by atoms with Crippen molar-refractivity contribution in [1.82, 2.24) is 10.6 Å². The third kappa shape index (κ3) is 6.33. The smallest absolute Gasteiger partial charge is 0.220 e. The van der Waals surface area contributed by atoms with Crippen LogP contribution in [0, 0.1) is 0 Å². The standard InChI is InChI=1S/C10H15ClN2OS.ClH/c1-12-4-5-13-10(14)3-2-9-6-8(11)7-15-9;/h6-7,12H,2-5H2,1H3,(H,13,14);1H. The number of amides is 1. The number of hydrogen-bond acceptors (Lipinski definition) is 3. The topological polar surface area (TPSA) is 41.1 Å². The normalized spacial score (nSPS) is 9.62. The van der Waals surface area contributed by atoms with Crippen LogP contribution in [0.4, 0.5) is 0 Å². The van der Waals surface area contributed by atoms with Crippen molar-refractivity contribution in [1.29, 1.82) is 0 Å². The number of carbonyl (C=O) groups excluding carboxylic acids is 1. The molecule has 1 aromatic rings. The van der Waals surface area contributed by atoms with Gasteiger partial charge in [-0.1, -0.05) is 11.6 Å². The molecule has 1 rings (SSSR count). The van der Waals surface area contributed by atoms with Gasteiger partial charge in [0.2, 0.25) is 5.91 Å². The summed E-state index contributed by atoms with van der Waals surface area (Å²) in [6.45, 7) is 1.48. The molecule has 0 bridgehead atoms. The Labute approximate surface area is 111 Å². The van der Waals surface area contributed by atoms with Gasteiger partial charge in [0.25, 0.3) is 0 Å². The lowest BCUT2D eigenvalue weighted by Crippen LogP contribution is -2.30. The number of halogens is 2. The molecule has 1 amide bonds. The Kier molecular flexibility index (Phi) is 8.66. The van der Waals surface area contributed by atoms with Crippen molar-refractivity contribution in [2.24, 2.45) is 0 Å². The van der Waals surface area contributed by atoms with E-state index < -0.39 is 0 Å². The van der Waals surface area contributed by atoms with Crippen LogP contribution in [-0.4, -0.2) is 26.0 Å². The number of thiophene rings is 1. The van der Waals surface area contributed by atoms with Crippen LogP contribution in [0.25, 0.3) is 0 Å². The molecular weight excluding hydrogens is 267 g/mol. The minimum atomic E-state index is 0. The van der Waals surface area contributed by atoms with Gasteiger partial charge in [-0.3, -0.25) is 4.79 Å². The van der Waals surface area contributed by atoms with Crippen LogP contribution >= 0.6 is 35.3 Å². The predicted molar refractivity (Wildman–Crippen MR) is 71.8 cm³/mol. The van der Waals surface area contributed by atoms with Crippen LogP contribution in [0.5, 0.6) is 0 Å². The molecule has 0 spiro atoms. The molecule has 0 aromatic carbocycles. The molecule has 0 fully saturated rings. The molecule has 0 atom stereocenters. The zero-order chi connectivity index (χ0) is 11.1. The van der Waals surface area contributed by atoms with E-state index in [0.29, 0.717) is 13.0 Å². The Hall–Kier alpha value is -0.290. The lowest BCUT2D eigenvalue weighted by molar-refractivity contribution is -0.121. The first-order chi connectivity index (χ1) is 7.22. The van der Waals surface area contributed by atoms with Gasteiger partial charge < -0.3 is 10.6 Å². The first kappa shape index (κ1) is 15.7. The quantitative estimate of drug-likeness (QED) is 0.785. The van der Waals surface area contributed by atoms with Gasteiger partial charge in [-0.2, -0.15) is 0 Å². The summed E-state index contributed by atoms with van der Waals surface area (Å²) in [5.74, 6) is 0.0924. The van der Waals surface area contributed by atoms with E-state index in [4.69, 9.17) is 11.6 Å². The average molecular weight is 283 g/mol. The molecule has 92 valence electrons. The third-order valence-electron chi connectivity index (χ3n) is 1.92. The zero-order valence-corrected chi connectivity index (χ0v) is 11.5. The molecule has 1 heterocycles. The maximum atomic E-state index is 11.3. The molecule has 1 aromatic heterocycles. The summed E-state index contributed by atoms with van der Waals surface area (Å²) >= 11 is 7.38. The summed E-state index contributed by atoms with van der Waals surface area (Å²) < 4.78 is 0. The zero-order valence-electron chi connectivity index (χ0n) is 9.09. The molecule has 0 saturated carbocycles. The second-order valence-electron chi connectivity index (χ2n) is 3.18. The molecule has 0 aliphatic rings. The molecular formula is C10H16Cl2N2OS. The van der Waals surface area contributed by atoms with Gasteiger partial charge in [-0.25, -0.2) is 0 Å². The molecule has 3 nitrogen and oxygen atoms in total. The maximum Gasteiger partial charge on any atom is 0.220 e. The maximum absolute atomic E-state index is 11.3. The van der Waals surface area contributed by atoms with E-state index >= 15 is 0 Å². The van der Waals surface area contributed by atoms with Gasteiger partial charge in [0.1, 0.15) is 0 Å². The van der Waals surface area contributed by atoms with Gasteiger partial charge in [0.05, 0.1) is 5.02 Å². The minimum Gasteiger partial charge on any atom is -0.355 e. The molecule has 2 N–H and O–H groups in total. The largest absolute Gasteiger partial charge is 0.355 e. The summed E-state index contributed by atoms with van der Waals surface area (Å²) in [5.41, 5.74) is 0. The van der Waals surface area contributed by atoms with Crippen molar-refractivity contribution in [3.05, 3.63) is 21.3 Å². The monoisotopic (exact) mass is 282 g/mol. The lowest BCUT2D eigenvalue weighted by Gasteiger charge is -2.03. The fourth-order valence-corrected chi connectivity index (χ4v) is 2.21. The van der Waals surface area contributed by atoms with Crippen LogP contribution in [0.15, 0.2) is 11.4 Å². The Morgan fingerprint density at radius 1 is 1.50 bits per heavy atom. The first-order valence-electron chi connectivity index (χ1n) is 4.86. The molecule has 16 heavy (non-hydrogen) atoms. The summed E-state index contributed by atoms with van der Waals surface area (Å²) in [4.78, 5) is 12.5. The van der Waals surface area contributed by atoms with Crippen molar-refractivity contribution in [2.45, 2.75) is 12.8 Å². The van der Waals surface area contributed by atoms with E-state index in [1.165, 1.54) is 0 Å². The average Bonchev–Trinajstić information content (AvgIpc) is 2.62. The summed E-state index contributed by atoms with van der Waals surface area (Å²) in [7, 11) is 1.86. The minimum absolute atomic E-state index is 0. The summed E-state index contributed by atoms with van der Waals surface area (Å²) in [6, 6.07) is 1.91. The van der Waals surface area contributed by atoms with E-state index in [1.54, 1.807) is 11.3 Å². The fourth-order valence-electron chi connectivity index (χ4n) is 1.14. The highest BCUT2D eigenvalue weighted by Gasteiger charge is 2.03. The molecule has 0 unspecified atom stereocenters. The molecule has 0 aliphatic heterocycles. The highest BCUT2D eigenvalue weighted by Crippen LogP contribution is 2.20. The summed E-state index contributed by atoms with van der Waals surface area (Å²) in [5, 5.41) is 8.44. The van der Waals surface area contributed by atoms with Crippen molar-refractivity contribution in [2.75, 3.05) is 20.1 Å². The Bertz CT molecular complexity index is 318. The van der Waals surface area contributed by atoms with E-state index in [-0.39, 0.29) is 18.3 Å². The van der Waals surface area contributed by atoms with Crippen molar-refractivity contribution in [3.8, 4) is 0 Å². The van der Waals surface area contributed by atoms with Gasteiger partial charge in [0, 0.05) is 29.8 Å². The van der Waals surface area contributed by atoms with Crippen LogP contribution in [0.3, 0.4) is 0 Å². The number of nitrogens with one attached hydrogen (secondary N) is 2. The second kappa shape index (κ2) is 8.82. The first-order valence-corrected chi connectivity index (χ1v) is 6.12. The van der Waals surface area contributed by atoms with Gasteiger partial charge in [0.15, 0.2) is 0 Å². The van der Waals surface area contributed by atoms with Crippen LogP contribution in [0.2, 0.25) is 5.02 Å². The highest BCUT2D eigenvalue weighted by atomic mass is 35.5. The van der Waals surface area contributed by atoms with E-state index in [9.17, 15) is 4.79 Å². The Morgan fingerprint density at radius 2 is 2.25 bits per heavy atom. The SMILES string of the molecule is CNCCNC(=O)CCc1cc(Cl)cs1.Cl. The Morgan fingerprint density at radius 3 is 2.81 bits per heavy atom. The van der Waals surface area contributed by atoms with Crippen molar-refractivity contribution in [3.63, 3.8) is 0 Å². The van der Waals surface area contributed by atoms with Gasteiger partial charge in [-0.15, -0.1) is 23.7 Å². The molecule has 6 heteroatoms. The van der Waals surface area contributed by atoms with Crippen molar-refractivity contribution >= 4 is 41.3 Å². The van der Waals surface area contributed by atoms with E-state index in [0.717, 1.165) is 22.9 Å². The van der Waals surface area contributed by atoms with E-state index in [2.05, 4.69) is 10.6 Å². The Balaban J connectivity index is 0.00000225. The van der Waals surface area contributed by atoms with Crippen LogP contribution < -0.4 is 10.6 Å². The number of carbonyl (C=O) groups is 1. The number of likely N-dealkylation sites (N-methyl/N-ethyl adjacent to an activating group) is 1. The second-order valence-corrected chi connectivity index (χ2v) is 4.62. The lowest BCUT2D eigenvalue weighted by atomic mass is 10.2. The van der Waals surface area contributed by atoms with Gasteiger partial charge in [-0.05, 0) is 19.5 Å². The molecule has 0 radical (unpaired) electrons. The van der Waals surface area contributed by atoms with E-state index in [1.807, 2.05) is 18.5 Å². The molecule has 0 saturated heterocycles. The number of rotatable bonds is 6. The third-order valence-corrected chi connectivity index (χ3v) is 3.26. The fraction of sp³-hybridized carbons (Fsp3) is 0.500. The predicted octanol–water partition coefficient (Wildman–Crippen LogP) is 2.09. The highest BCUT2D eigenvalue weighted by molar-refractivity contribution is 7.10. The number of aryl methyl sites for hydroxylation is 1. The van der Waals surface area contributed by atoms with Gasteiger partial charge >= 0.3 is 0 Å².